The lowest BCUT2D eigenvalue weighted by atomic mass is 10.1. The summed E-state index contributed by atoms with van der Waals surface area (Å²) in [5, 5.41) is 13.1. The van der Waals surface area contributed by atoms with Crippen molar-refractivity contribution in [1.82, 2.24) is 10.2 Å². The molecular weight excluding hydrogens is 420 g/mol. The molecule has 1 heterocycles. The van der Waals surface area contributed by atoms with Gasteiger partial charge in [0.2, 0.25) is 0 Å². The maximum Gasteiger partial charge on any atom is 0.410 e. The molecule has 3 aromatic rings. The number of β-amino-alcohol motifs (C(OH)–C–C–N with tert-alkyl or cyclic N) is 1. The van der Waals surface area contributed by atoms with Crippen LogP contribution in [0.4, 0.5) is 4.79 Å². The third-order valence-corrected chi connectivity index (χ3v) is 5.43. The van der Waals surface area contributed by atoms with Gasteiger partial charge >= 0.3 is 6.09 Å². The Hall–Kier alpha value is -3.84. The van der Waals surface area contributed by atoms with Gasteiger partial charge in [0.05, 0.1) is 18.7 Å². The molecule has 170 valence electrons. The lowest BCUT2D eigenvalue weighted by Crippen LogP contribution is -2.43. The van der Waals surface area contributed by atoms with E-state index < -0.39 is 18.2 Å². The minimum atomic E-state index is -0.869. The predicted molar refractivity (Wildman–Crippen MR) is 123 cm³/mol. The minimum absolute atomic E-state index is 0.102. The monoisotopic (exact) mass is 446 g/mol. The standard InChI is InChI=1S/C26H26N2O5/c29-24-16-28(26(31)33-18-20-9-5-2-6-10-20)15-23(24)27-25(30)21-11-13-22(14-12-21)32-17-19-7-3-1-4-8-19/h1-14,23-24,29H,15-18H2,(H,27,30)/t23-,24-/m1/s1. The number of ether oxygens (including phenoxy) is 2. The second-order valence-electron chi connectivity index (χ2n) is 7.89. The second kappa shape index (κ2) is 10.7. The fourth-order valence-corrected chi connectivity index (χ4v) is 3.58. The molecule has 1 saturated heterocycles. The molecule has 1 aliphatic heterocycles. The highest BCUT2D eigenvalue weighted by atomic mass is 16.6. The summed E-state index contributed by atoms with van der Waals surface area (Å²) >= 11 is 0. The number of aliphatic hydroxyl groups excluding tert-OH is 1. The summed E-state index contributed by atoms with van der Waals surface area (Å²) in [7, 11) is 0. The first-order valence-corrected chi connectivity index (χ1v) is 10.8. The average molecular weight is 447 g/mol. The molecule has 7 heteroatoms. The van der Waals surface area contributed by atoms with Crippen LogP contribution in [0.3, 0.4) is 0 Å². The van der Waals surface area contributed by atoms with Crippen LogP contribution in [0, 0.1) is 0 Å². The number of nitrogens with one attached hydrogen (secondary N) is 1. The molecule has 4 rings (SSSR count). The predicted octanol–water partition coefficient (Wildman–Crippen LogP) is 3.38. The lowest BCUT2D eigenvalue weighted by Gasteiger charge is -2.17. The minimum Gasteiger partial charge on any atom is -0.489 e. The highest BCUT2D eigenvalue weighted by Crippen LogP contribution is 2.16. The topological polar surface area (TPSA) is 88.1 Å². The number of rotatable bonds is 7. The molecule has 1 fully saturated rings. The van der Waals surface area contributed by atoms with Crippen LogP contribution in [0.1, 0.15) is 21.5 Å². The Kier molecular flexibility index (Phi) is 7.22. The zero-order valence-electron chi connectivity index (χ0n) is 18.1. The van der Waals surface area contributed by atoms with Gasteiger partial charge in [0.1, 0.15) is 19.0 Å². The average Bonchev–Trinajstić information content (AvgIpc) is 3.23. The molecule has 2 atom stereocenters. The van der Waals surface area contributed by atoms with Crippen LogP contribution >= 0.6 is 0 Å². The molecule has 1 aliphatic rings. The van der Waals surface area contributed by atoms with Crippen LogP contribution in [-0.4, -0.2) is 47.2 Å². The Morgan fingerprint density at radius 3 is 2.09 bits per heavy atom. The number of carbonyl (C=O) groups excluding carboxylic acids is 2. The summed E-state index contributed by atoms with van der Waals surface area (Å²) < 4.78 is 11.1. The van der Waals surface area contributed by atoms with E-state index in [0.717, 1.165) is 11.1 Å². The van der Waals surface area contributed by atoms with E-state index in [2.05, 4.69) is 5.32 Å². The van der Waals surface area contributed by atoms with Crippen LogP contribution in [0.5, 0.6) is 5.75 Å². The number of hydrogen-bond donors (Lipinski definition) is 2. The fraction of sp³-hybridized carbons (Fsp3) is 0.231. The SMILES string of the molecule is O=C(N[C@@H]1CN(C(=O)OCc2ccccc2)C[C@H]1O)c1ccc(OCc2ccccc2)cc1. The first-order valence-electron chi connectivity index (χ1n) is 10.8. The smallest absolute Gasteiger partial charge is 0.410 e. The lowest BCUT2D eigenvalue weighted by molar-refractivity contribution is 0.0887. The van der Waals surface area contributed by atoms with Crippen LogP contribution in [0.2, 0.25) is 0 Å². The van der Waals surface area contributed by atoms with Gasteiger partial charge in [-0.25, -0.2) is 4.79 Å². The summed E-state index contributed by atoms with van der Waals surface area (Å²) in [5.41, 5.74) is 2.38. The van der Waals surface area contributed by atoms with E-state index in [1.807, 2.05) is 60.7 Å². The summed E-state index contributed by atoms with van der Waals surface area (Å²) in [4.78, 5) is 26.4. The maximum absolute atomic E-state index is 12.6. The normalized spacial score (nSPS) is 17.4. The number of nitrogens with zero attached hydrogens (tertiary/aromatic N) is 1. The van der Waals surface area contributed by atoms with Crippen molar-refractivity contribution >= 4 is 12.0 Å². The fourth-order valence-electron chi connectivity index (χ4n) is 3.58. The van der Waals surface area contributed by atoms with Crippen molar-refractivity contribution in [2.45, 2.75) is 25.4 Å². The van der Waals surface area contributed by atoms with E-state index in [-0.39, 0.29) is 25.6 Å². The van der Waals surface area contributed by atoms with Crippen molar-refractivity contribution in [3.63, 3.8) is 0 Å². The quantitative estimate of drug-likeness (QED) is 0.581. The molecule has 0 radical (unpaired) electrons. The molecule has 0 aliphatic carbocycles. The van der Waals surface area contributed by atoms with Crippen molar-refractivity contribution in [3.05, 3.63) is 102 Å². The van der Waals surface area contributed by atoms with Gasteiger partial charge < -0.3 is 24.8 Å². The molecule has 2 N–H and O–H groups in total. The molecule has 0 saturated carbocycles. The van der Waals surface area contributed by atoms with Crippen molar-refractivity contribution in [2.24, 2.45) is 0 Å². The highest BCUT2D eigenvalue weighted by Gasteiger charge is 2.36. The Labute approximate surface area is 192 Å². The number of carbonyl (C=O) groups is 2. The van der Waals surface area contributed by atoms with Crippen LogP contribution in [0.25, 0.3) is 0 Å². The van der Waals surface area contributed by atoms with E-state index in [0.29, 0.717) is 17.9 Å². The molecule has 33 heavy (non-hydrogen) atoms. The van der Waals surface area contributed by atoms with Crippen LogP contribution < -0.4 is 10.1 Å². The van der Waals surface area contributed by atoms with Crippen molar-refractivity contribution in [3.8, 4) is 5.75 Å². The van der Waals surface area contributed by atoms with E-state index in [9.17, 15) is 14.7 Å². The van der Waals surface area contributed by atoms with Crippen LogP contribution in [-0.2, 0) is 18.0 Å². The maximum atomic E-state index is 12.6. The Balaban J connectivity index is 1.26. The van der Waals surface area contributed by atoms with Crippen molar-refractivity contribution in [2.75, 3.05) is 13.1 Å². The second-order valence-corrected chi connectivity index (χ2v) is 7.89. The van der Waals surface area contributed by atoms with Crippen molar-refractivity contribution in [1.29, 1.82) is 0 Å². The zero-order valence-corrected chi connectivity index (χ0v) is 18.1. The highest BCUT2D eigenvalue weighted by molar-refractivity contribution is 5.94. The molecule has 0 unspecified atom stereocenters. The molecule has 3 aromatic carbocycles. The van der Waals surface area contributed by atoms with Gasteiger partial charge in [-0.05, 0) is 35.4 Å². The van der Waals surface area contributed by atoms with E-state index in [1.165, 1.54) is 4.90 Å². The van der Waals surface area contributed by atoms with E-state index in [1.54, 1.807) is 24.3 Å². The molecule has 2 amide bonds. The molecule has 0 aromatic heterocycles. The summed E-state index contributed by atoms with van der Waals surface area (Å²) in [6.45, 7) is 0.877. The number of hydrogen-bond acceptors (Lipinski definition) is 5. The molecular formula is C26H26N2O5. The summed E-state index contributed by atoms with van der Waals surface area (Å²) in [5.74, 6) is 0.330. The number of aliphatic hydroxyl groups is 1. The van der Waals surface area contributed by atoms with Gasteiger partial charge in [-0.3, -0.25) is 4.79 Å². The zero-order chi connectivity index (χ0) is 23.0. The first-order chi connectivity index (χ1) is 16.1. The van der Waals surface area contributed by atoms with E-state index in [4.69, 9.17) is 9.47 Å². The third kappa shape index (κ3) is 6.11. The molecule has 0 bridgehead atoms. The van der Waals surface area contributed by atoms with Crippen molar-refractivity contribution < 1.29 is 24.2 Å². The number of likely N-dealkylation sites (tertiary alicyclic amines) is 1. The van der Waals surface area contributed by atoms with Gasteiger partial charge in [0, 0.05) is 12.1 Å². The Morgan fingerprint density at radius 2 is 1.45 bits per heavy atom. The number of benzene rings is 3. The van der Waals surface area contributed by atoms with E-state index >= 15 is 0 Å². The molecule has 7 nitrogen and oxygen atoms in total. The van der Waals surface area contributed by atoms with Gasteiger partial charge in [0.25, 0.3) is 5.91 Å². The van der Waals surface area contributed by atoms with Gasteiger partial charge in [-0.1, -0.05) is 60.7 Å². The Morgan fingerprint density at radius 1 is 0.848 bits per heavy atom. The number of amides is 2. The van der Waals surface area contributed by atoms with Gasteiger partial charge in [0.15, 0.2) is 0 Å². The third-order valence-electron chi connectivity index (χ3n) is 5.43. The summed E-state index contributed by atoms with van der Waals surface area (Å²) in [6.07, 6.45) is -1.39. The van der Waals surface area contributed by atoms with Crippen LogP contribution in [0.15, 0.2) is 84.9 Å². The van der Waals surface area contributed by atoms with Gasteiger partial charge in [-0.15, -0.1) is 0 Å². The first kappa shape index (κ1) is 22.4. The largest absolute Gasteiger partial charge is 0.489 e. The Bertz CT molecular complexity index is 1060. The summed E-state index contributed by atoms with van der Waals surface area (Å²) in [6, 6.07) is 25.4. The molecule has 0 spiro atoms. The van der Waals surface area contributed by atoms with Gasteiger partial charge in [-0.2, -0.15) is 0 Å².